The van der Waals surface area contributed by atoms with E-state index >= 15 is 0 Å². The molecule has 0 aliphatic rings. The van der Waals surface area contributed by atoms with Gasteiger partial charge >= 0.3 is 0 Å². The van der Waals surface area contributed by atoms with E-state index in [1.165, 1.54) is 0 Å². The lowest BCUT2D eigenvalue weighted by atomic mass is 10.1. The summed E-state index contributed by atoms with van der Waals surface area (Å²) in [7, 11) is 1.62. The molecule has 4 nitrogen and oxygen atoms in total. The number of rotatable bonds is 2. The predicted octanol–water partition coefficient (Wildman–Crippen LogP) is 1.92. The molecule has 0 saturated carbocycles. The molecule has 0 bridgehead atoms. The van der Waals surface area contributed by atoms with Gasteiger partial charge < -0.3 is 16.2 Å². The number of anilines is 2. The first kappa shape index (κ1) is 10.3. The molecule has 1 aromatic carbocycles. The van der Waals surface area contributed by atoms with Gasteiger partial charge in [0.2, 0.25) is 0 Å². The average molecular weight is 215 g/mol. The molecule has 0 spiro atoms. The quantitative estimate of drug-likeness (QED) is 0.802. The van der Waals surface area contributed by atoms with E-state index in [1.54, 1.807) is 19.4 Å². The molecule has 0 saturated heterocycles. The second-order valence-electron chi connectivity index (χ2n) is 3.39. The minimum absolute atomic E-state index is 0.496. The molecule has 4 heteroatoms. The maximum atomic E-state index is 5.88. The van der Waals surface area contributed by atoms with Crippen molar-refractivity contribution in [2.75, 3.05) is 18.6 Å². The normalized spacial score (nSPS) is 10.1. The van der Waals surface area contributed by atoms with Crippen LogP contribution in [-0.2, 0) is 0 Å². The van der Waals surface area contributed by atoms with E-state index in [9.17, 15) is 0 Å². The number of nitrogens with zero attached hydrogens (tertiary/aromatic N) is 1. The van der Waals surface area contributed by atoms with Crippen molar-refractivity contribution in [3.05, 3.63) is 36.5 Å². The molecule has 0 unspecified atom stereocenters. The number of nitrogen functional groups attached to an aromatic ring is 2. The molecule has 16 heavy (non-hydrogen) atoms. The molecule has 0 amide bonds. The molecule has 0 aliphatic heterocycles. The van der Waals surface area contributed by atoms with E-state index in [-0.39, 0.29) is 0 Å². The fourth-order valence-corrected chi connectivity index (χ4v) is 1.49. The van der Waals surface area contributed by atoms with Crippen LogP contribution in [0.4, 0.5) is 11.4 Å². The lowest BCUT2D eigenvalue weighted by Crippen LogP contribution is -1.99. The van der Waals surface area contributed by atoms with Crippen LogP contribution < -0.4 is 16.2 Å². The van der Waals surface area contributed by atoms with Crippen LogP contribution in [0.5, 0.6) is 5.75 Å². The Labute approximate surface area is 93.9 Å². The summed E-state index contributed by atoms with van der Waals surface area (Å²) in [6.45, 7) is 0. The van der Waals surface area contributed by atoms with Gasteiger partial charge in [-0.1, -0.05) is 12.1 Å². The summed E-state index contributed by atoms with van der Waals surface area (Å²) in [5.74, 6) is 0.765. The molecule has 0 fully saturated rings. The van der Waals surface area contributed by atoms with Crippen LogP contribution in [-0.4, -0.2) is 12.1 Å². The Morgan fingerprint density at radius 3 is 2.75 bits per heavy atom. The summed E-state index contributed by atoms with van der Waals surface area (Å²) in [4.78, 5) is 4.22. The minimum atomic E-state index is 0.496. The molecular formula is C12H13N3O. The zero-order valence-electron chi connectivity index (χ0n) is 8.97. The lowest BCUT2D eigenvalue weighted by molar-refractivity contribution is 0.415. The molecule has 2 rings (SSSR count). The van der Waals surface area contributed by atoms with Gasteiger partial charge in [-0.3, -0.25) is 4.98 Å². The van der Waals surface area contributed by atoms with Gasteiger partial charge in [-0.2, -0.15) is 0 Å². The summed E-state index contributed by atoms with van der Waals surface area (Å²) in [5, 5.41) is 0. The SMILES string of the molecule is COc1cccc(-c2nccc(N)c2N)c1. The van der Waals surface area contributed by atoms with E-state index in [0.717, 1.165) is 11.3 Å². The zero-order chi connectivity index (χ0) is 11.5. The van der Waals surface area contributed by atoms with Crippen molar-refractivity contribution in [1.82, 2.24) is 4.98 Å². The minimum Gasteiger partial charge on any atom is -0.497 e. The van der Waals surface area contributed by atoms with Crippen LogP contribution in [0.15, 0.2) is 36.5 Å². The van der Waals surface area contributed by atoms with Crippen LogP contribution in [0.2, 0.25) is 0 Å². The topological polar surface area (TPSA) is 74.2 Å². The maximum Gasteiger partial charge on any atom is 0.119 e. The third kappa shape index (κ3) is 1.77. The fourth-order valence-electron chi connectivity index (χ4n) is 1.49. The van der Waals surface area contributed by atoms with Gasteiger partial charge in [0.05, 0.1) is 24.2 Å². The van der Waals surface area contributed by atoms with E-state index in [1.807, 2.05) is 24.3 Å². The van der Waals surface area contributed by atoms with E-state index in [2.05, 4.69) is 4.98 Å². The Hall–Kier alpha value is -2.23. The summed E-state index contributed by atoms with van der Waals surface area (Å²) >= 11 is 0. The van der Waals surface area contributed by atoms with Gasteiger partial charge in [0.15, 0.2) is 0 Å². The number of ether oxygens (including phenoxy) is 1. The van der Waals surface area contributed by atoms with Crippen LogP contribution in [0.1, 0.15) is 0 Å². The third-order valence-corrected chi connectivity index (χ3v) is 2.37. The number of benzene rings is 1. The monoisotopic (exact) mass is 215 g/mol. The Kier molecular flexibility index (Phi) is 2.64. The van der Waals surface area contributed by atoms with Gasteiger partial charge in [-0.05, 0) is 18.2 Å². The van der Waals surface area contributed by atoms with Crippen molar-refractivity contribution in [2.45, 2.75) is 0 Å². The molecular weight excluding hydrogens is 202 g/mol. The Morgan fingerprint density at radius 2 is 2.00 bits per heavy atom. The number of hydrogen-bond donors (Lipinski definition) is 2. The zero-order valence-corrected chi connectivity index (χ0v) is 8.97. The summed E-state index contributed by atoms with van der Waals surface area (Å²) < 4.78 is 5.15. The molecule has 2 aromatic rings. The number of pyridine rings is 1. The average Bonchev–Trinajstić information content (AvgIpc) is 2.33. The van der Waals surface area contributed by atoms with Crippen LogP contribution in [0.3, 0.4) is 0 Å². The largest absolute Gasteiger partial charge is 0.497 e. The standard InChI is InChI=1S/C12H13N3O/c1-16-9-4-2-3-8(7-9)12-11(14)10(13)5-6-15-12/h2-7H,14H2,1H3,(H2,13,15). The number of methoxy groups -OCH3 is 1. The summed E-state index contributed by atoms with van der Waals surface area (Å²) in [6.07, 6.45) is 1.64. The van der Waals surface area contributed by atoms with Crippen molar-refractivity contribution >= 4 is 11.4 Å². The molecule has 82 valence electrons. The summed E-state index contributed by atoms with van der Waals surface area (Å²) in [6, 6.07) is 9.22. The Bertz CT molecular complexity index is 511. The first-order valence-electron chi connectivity index (χ1n) is 4.86. The Balaban J connectivity index is 2.54. The Morgan fingerprint density at radius 1 is 1.19 bits per heavy atom. The van der Waals surface area contributed by atoms with Gasteiger partial charge in [-0.25, -0.2) is 0 Å². The predicted molar refractivity (Wildman–Crippen MR) is 65.0 cm³/mol. The smallest absolute Gasteiger partial charge is 0.119 e. The van der Waals surface area contributed by atoms with Crippen molar-refractivity contribution in [3.63, 3.8) is 0 Å². The van der Waals surface area contributed by atoms with E-state index < -0.39 is 0 Å². The van der Waals surface area contributed by atoms with Crippen LogP contribution >= 0.6 is 0 Å². The van der Waals surface area contributed by atoms with Crippen LogP contribution in [0.25, 0.3) is 11.3 Å². The summed E-state index contributed by atoms with van der Waals surface area (Å²) in [5.41, 5.74) is 14.2. The van der Waals surface area contributed by atoms with E-state index in [0.29, 0.717) is 17.1 Å². The highest BCUT2D eigenvalue weighted by Crippen LogP contribution is 2.29. The van der Waals surface area contributed by atoms with Crippen molar-refractivity contribution in [1.29, 1.82) is 0 Å². The molecule has 0 atom stereocenters. The van der Waals surface area contributed by atoms with Crippen molar-refractivity contribution in [2.24, 2.45) is 0 Å². The van der Waals surface area contributed by atoms with Crippen LogP contribution in [0, 0.1) is 0 Å². The highest BCUT2D eigenvalue weighted by atomic mass is 16.5. The van der Waals surface area contributed by atoms with E-state index in [4.69, 9.17) is 16.2 Å². The number of aromatic nitrogens is 1. The molecule has 1 aromatic heterocycles. The molecule has 0 aliphatic carbocycles. The van der Waals surface area contributed by atoms with Gasteiger partial charge in [0, 0.05) is 11.8 Å². The van der Waals surface area contributed by atoms with Crippen molar-refractivity contribution in [3.8, 4) is 17.0 Å². The highest BCUT2D eigenvalue weighted by molar-refractivity contribution is 5.81. The van der Waals surface area contributed by atoms with Gasteiger partial charge in [-0.15, -0.1) is 0 Å². The second-order valence-corrected chi connectivity index (χ2v) is 3.39. The van der Waals surface area contributed by atoms with Crippen molar-refractivity contribution < 1.29 is 4.74 Å². The molecule has 4 N–H and O–H groups in total. The first-order valence-corrected chi connectivity index (χ1v) is 4.86. The fraction of sp³-hybridized carbons (Fsp3) is 0.0833. The lowest BCUT2D eigenvalue weighted by Gasteiger charge is -2.08. The maximum absolute atomic E-state index is 5.88. The number of hydrogen-bond acceptors (Lipinski definition) is 4. The van der Waals surface area contributed by atoms with Gasteiger partial charge in [0.1, 0.15) is 5.75 Å². The molecule has 0 radical (unpaired) electrons. The number of nitrogens with two attached hydrogens (primary N) is 2. The second kappa shape index (κ2) is 4.10. The van der Waals surface area contributed by atoms with Gasteiger partial charge in [0.25, 0.3) is 0 Å². The highest BCUT2D eigenvalue weighted by Gasteiger charge is 2.07. The molecule has 1 heterocycles. The first-order chi connectivity index (χ1) is 7.72. The third-order valence-electron chi connectivity index (χ3n) is 2.37.